The molecule has 170 valence electrons. The molecule has 0 fully saturated rings. The van der Waals surface area contributed by atoms with E-state index in [1.807, 2.05) is 0 Å². The molecule has 0 bridgehead atoms. The maximum atomic E-state index is 14.4. The zero-order valence-corrected chi connectivity index (χ0v) is 19.0. The third-order valence-electron chi connectivity index (χ3n) is 5.02. The molecule has 0 aliphatic heterocycles. The van der Waals surface area contributed by atoms with Gasteiger partial charge in [0.2, 0.25) is 11.3 Å². The van der Waals surface area contributed by atoms with Crippen molar-refractivity contribution in [1.29, 1.82) is 0 Å². The molecule has 0 spiro atoms. The van der Waals surface area contributed by atoms with Gasteiger partial charge in [0.05, 0.1) is 29.5 Å². The summed E-state index contributed by atoms with van der Waals surface area (Å²) >= 11 is 0. The molecule has 0 aliphatic rings. The number of hydrogen-bond donors (Lipinski definition) is 0. The predicted octanol–water partition coefficient (Wildman–Crippen LogP) is 3.50. The Labute approximate surface area is 185 Å². The number of rotatable bonds is 8. The Morgan fingerprint density at radius 2 is 1.94 bits per heavy atom. The summed E-state index contributed by atoms with van der Waals surface area (Å²) in [6.45, 7) is 3.42. The summed E-state index contributed by atoms with van der Waals surface area (Å²) in [6.07, 6.45) is 2.02. The first-order valence-electron chi connectivity index (χ1n) is 9.91. The second kappa shape index (κ2) is 9.47. The molecule has 0 N–H and O–H groups in total. The first-order chi connectivity index (χ1) is 15.1. The second-order valence-electron chi connectivity index (χ2n) is 7.29. The summed E-state index contributed by atoms with van der Waals surface area (Å²) in [5, 5.41) is -0.561. The van der Waals surface area contributed by atoms with E-state index in [2.05, 4.69) is 9.97 Å². The second-order valence-corrected chi connectivity index (χ2v) is 9.71. The average Bonchev–Trinajstić information content (AvgIpc) is 2.75. The van der Waals surface area contributed by atoms with E-state index in [0.29, 0.717) is 17.7 Å². The van der Waals surface area contributed by atoms with Crippen molar-refractivity contribution in [3.63, 3.8) is 0 Å². The predicted molar refractivity (Wildman–Crippen MR) is 118 cm³/mol. The molecule has 10 heteroatoms. The van der Waals surface area contributed by atoms with Crippen molar-refractivity contribution in [2.75, 3.05) is 7.11 Å². The van der Waals surface area contributed by atoms with E-state index in [-0.39, 0.29) is 34.5 Å². The minimum Gasteiger partial charge on any atom is -0.493 e. The number of hydrogen-bond acceptors (Lipinski definition) is 7. The molecule has 2 heterocycles. The topological polar surface area (TPSA) is 100 Å². The summed E-state index contributed by atoms with van der Waals surface area (Å²) in [7, 11) is -0.533. The molecule has 0 saturated carbocycles. The van der Waals surface area contributed by atoms with Gasteiger partial charge in [-0.1, -0.05) is 13.0 Å². The van der Waals surface area contributed by atoms with E-state index < -0.39 is 20.9 Å². The fourth-order valence-electron chi connectivity index (χ4n) is 2.93. The molecule has 32 heavy (non-hydrogen) atoms. The Bertz CT molecular complexity index is 1290. The van der Waals surface area contributed by atoms with Gasteiger partial charge in [-0.2, -0.15) is 9.97 Å². The van der Waals surface area contributed by atoms with Crippen LogP contribution in [0.3, 0.4) is 0 Å². The number of methoxy groups -OCH3 is 1. The van der Waals surface area contributed by atoms with Gasteiger partial charge in [-0.05, 0) is 37.6 Å². The Balaban J connectivity index is 2.12. The van der Waals surface area contributed by atoms with E-state index in [9.17, 15) is 17.6 Å². The molecule has 3 aromatic rings. The number of nitrogens with zero attached hydrogens (tertiary/aromatic N) is 3. The Morgan fingerprint density at radius 3 is 2.59 bits per heavy atom. The van der Waals surface area contributed by atoms with Crippen molar-refractivity contribution in [3.8, 4) is 28.8 Å². The molecule has 0 saturated heterocycles. The van der Waals surface area contributed by atoms with Crippen molar-refractivity contribution in [2.45, 2.75) is 31.3 Å². The summed E-state index contributed by atoms with van der Waals surface area (Å²) in [6, 6.07) is 8.39. The van der Waals surface area contributed by atoms with Crippen LogP contribution in [0.25, 0.3) is 11.3 Å². The lowest BCUT2D eigenvalue weighted by molar-refractivity contribution is 0.351. The Morgan fingerprint density at radius 1 is 1.19 bits per heavy atom. The van der Waals surface area contributed by atoms with Crippen LogP contribution in [-0.4, -0.2) is 35.3 Å². The van der Waals surface area contributed by atoms with Crippen molar-refractivity contribution in [3.05, 3.63) is 64.5 Å². The molecule has 8 nitrogen and oxygen atoms in total. The third-order valence-corrected chi connectivity index (χ3v) is 7.28. The van der Waals surface area contributed by atoms with Crippen molar-refractivity contribution in [2.24, 2.45) is 7.05 Å². The van der Waals surface area contributed by atoms with Gasteiger partial charge in [-0.3, -0.25) is 4.79 Å². The molecule has 0 aliphatic carbocycles. The molecule has 0 unspecified atom stereocenters. The van der Waals surface area contributed by atoms with Crippen LogP contribution in [0, 0.1) is 5.82 Å². The SMILES string of the molecule is CC[C@H](C)S(=O)(=O)Cc1cc(-c2ccc(=O)n(C)c2)nc(Oc2c(F)cccc2OC)n1. The highest BCUT2D eigenvalue weighted by molar-refractivity contribution is 7.91. The Kier molecular flexibility index (Phi) is 6.93. The molecule has 1 atom stereocenters. The van der Waals surface area contributed by atoms with Crippen molar-refractivity contribution >= 4 is 9.84 Å². The van der Waals surface area contributed by atoms with Gasteiger partial charge in [-0.25, -0.2) is 12.8 Å². The van der Waals surface area contributed by atoms with Crippen LogP contribution in [0.5, 0.6) is 17.5 Å². The molecule has 2 aromatic heterocycles. The zero-order valence-electron chi connectivity index (χ0n) is 18.2. The van der Waals surface area contributed by atoms with Crippen molar-refractivity contribution in [1.82, 2.24) is 14.5 Å². The third kappa shape index (κ3) is 5.13. The van der Waals surface area contributed by atoms with Crippen LogP contribution < -0.4 is 15.0 Å². The first kappa shape index (κ1) is 23.4. The highest BCUT2D eigenvalue weighted by Gasteiger charge is 2.22. The van der Waals surface area contributed by atoms with Crippen LogP contribution in [-0.2, 0) is 22.6 Å². The summed E-state index contributed by atoms with van der Waals surface area (Å²) < 4.78 is 51.8. The molecule has 0 radical (unpaired) electrons. The fourth-order valence-corrected chi connectivity index (χ4v) is 4.28. The molecule has 3 rings (SSSR count). The highest BCUT2D eigenvalue weighted by Crippen LogP contribution is 2.33. The van der Waals surface area contributed by atoms with E-state index in [4.69, 9.17) is 9.47 Å². The number of sulfone groups is 1. The number of halogens is 1. The van der Waals surface area contributed by atoms with Gasteiger partial charge < -0.3 is 14.0 Å². The summed E-state index contributed by atoms with van der Waals surface area (Å²) in [4.78, 5) is 20.3. The maximum absolute atomic E-state index is 14.4. The highest BCUT2D eigenvalue weighted by atomic mass is 32.2. The molecular weight excluding hydrogens is 437 g/mol. The minimum absolute atomic E-state index is 0.134. The number of ether oxygens (including phenoxy) is 2. The van der Waals surface area contributed by atoms with Gasteiger partial charge in [-0.15, -0.1) is 0 Å². The van der Waals surface area contributed by atoms with E-state index >= 15 is 0 Å². The monoisotopic (exact) mass is 461 g/mol. The van der Waals surface area contributed by atoms with E-state index in [1.165, 1.54) is 42.0 Å². The number of aromatic nitrogens is 3. The molecule has 1 aromatic carbocycles. The lowest BCUT2D eigenvalue weighted by Gasteiger charge is -2.14. The average molecular weight is 462 g/mol. The molecular formula is C22H24FN3O5S. The largest absolute Gasteiger partial charge is 0.493 e. The van der Waals surface area contributed by atoms with Crippen LogP contribution in [0.1, 0.15) is 26.0 Å². The van der Waals surface area contributed by atoms with Crippen LogP contribution >= 0.6 is 0 Å². The fraction of sp³-hybridized carbons (Fsp3) is 0.318. The number of para-hydroxylation sites is 1. The number of pyridine rings is 1. The standard InChI is InChI=1S/C22H24FN3O5S/c1-5-14(2)32(28,29)13-16-11-18(15-9-10-20(27)26(3)12-15)25-22(24-16)31-21-17(23)7-6-8-19(21)30-4/h6-12,14H,5,13H2,1-4H3/t14-/m0/s1. The smallest absolute Gasteiger partial charge is 0.323 e. The van der Waals surface area contributed by atoms with Gasteiger partial charge >= 0.3 is 6.01 Å². The first-order valence-corrected chi connectivity index (χ1v) is 11.6. The molecule has 0 amide bonds. The number of aryl methyl sites for hydroxylation is 1. The maximum Gasteiger partial charge on any atom is 0.323 e. The van der Waals surface area contributed by atoms with E-state index in [0.717, 1.165) is 0 Å². The zero-order chi connectivity index (χ0) is 23.5. The van der Waals surface area contributed by atoms with Crippen LogP contribution in [0.15, 0.2) is 47.4 Å². The minimum atomic E-state index is -3.49. The summed E-state index contributed by atoms with van der Waals surface area (Å²) in [5.41, 5.74) is 0.849. The van der Waals surface area contributed by atoms with Crippen LogP contribution in [0.2, 0.25) is 0 Å². The van der Waals surface area contributed by atoms with Gasteiger partial charge in [0, 0.05) is 24.9 Å². The normalized spacial score (nSPS) is 12.4. The summed E-state index contributed by atoms with van der Waals surface area (Å²) in [5.74, 6) is -1.11. The lowest BCUT2D eigenvalue weighted by atomic mass is 10.2. The van der Waals surface area contributed by atoms with Gasteiger partial charge in [0.15, 0.2) is 21.4 Å². The number of benzene rings is 1. The van der Waals surface area contributed by atoms with Crippen molar-refractivity contribution < 1.29 is 22.3 Å². The van der Waals surface area contributed by atoms with E-state index in [1.54, 1.807) is 33.2 Å². The van der Waals surface area contributed by atoms with Crippen LogP contribution in [0.4, 0.5) is 4.39 Å². The van der Waals surface area contributed by atoms with Gasteiger partial charge in [0.25, 0.3) is 0 Å². The quantitative estimate of drug-likeness (QED) is 0.506. The Hall–Kier alpha value is -3.27. The van der Waals surface area contributed by atoms with Gasteiger partial charge in [0.1, 0.15) is 0 Å². The lowest BCUT2D eigenvalue weighted by Crippen LogP contribution is -2.19.